The number of halogens is 1. The van der Waals surface area contributed by atoms with Crippen LogP contribution in [0, 0.1) is 5.41 Å². The second kappa shape index (κ2) is 5.17. The maximum Gasteiger partial charge on any atom is 0.312 e. The van der Waals surface area contributed by atoms with Gasteiger partial charge in [-0.3, -0.25) is 4.79 Å². The van der Waals surface area contributed by atoms with Crippen molar-refractivity contribution in [3.63, 3.8) is 0 Å². The summed E-state index contributed by atoms with van der Waals surface area (Å²) in [4.78, 5) is 11.7. The highest BCUT2D eigenvalue weighted by atomic mass is 127. The normalized spacial score (nSPS) is 21.1. The first-order valence-electron chi connectivity index (χ1n) is 4.98. The standard InChI is InChI=1S/C10H17IO2/c1-2-13-9(12)10(8-11)6-4-3-5-7-10/h2-8H2,1H3. The fourth-order valence-corrected chi connectivity index (χ4v) is 2.98. The van der Waals surface area contributed by atoms with Crippen molar-refractivity contribution in [2.75, 3.05) is 11.0 Å². The lowest BCUT2D eigenvalue weighted by Crippen LogP contribution is -2.36. The average molecular weight is 296 g/mol. The van der Waals surface area contributed by atoms with Crippen LogP contribution in [0.5, 0.6) is 0 Å². The number of ether oxygens (including phenoxy) is 1. The van der Waals surface area contributed by atoms with Gasteiger partial charge in [-0.1, -0.05) is 41.9 Å². The zero-order valence-corrected chi connectivity index (χ0v) is 10.3. The summed E-state index contributed by atoms with van der Waals surface area (Å²) in [5, 5.41) is 0. The van der Waals surface area contributed by atoms with Crippen LogP contribution in [0.4, 0.5) is 0 Å². The molecule has 0 N–H and O–H groups in total. The molecule has 0 amide bonds. The number of carbonyl (C=O) groups excluding carboxylic acids is 1. The number of alkyl halides is 1. The Labute approximate surface area is 93.6 Å². The summed E-state index contributed by atoms with van der Waals surface area (Å²) in [5.41, 5.74) is -0.144. The molecule has 0 aromatic rings. The molecule has 0 radical (unpaired) electrons. The number of hydrogen-bond acceptors (Lipinski definition) is 2. The molecule has 1 saturated carbocycles. The lowest BCUT2D eigenvalue weighted by atomic mass is 9.76. The van der Waals surface area contributed by atoms with Crippen LogP contribution in [-0.2, 0) is 9.53 Å². The minimum absolute atomic E-state index is 0.0316. The average Bonchev–Trinajstić information content (AvgIpc) is 2.19. The summed E-state index contributed by atoms with van der Waals surface area (Å²) < 4.78 is 6.04. The number of hydrogen-bond donors (Lipinski definition) is 0. The maximum atomic E-state index is 11.7. The molecule has 76 valence electrons. The Hall–Kier alpha value is 0.200. The van der Waals surface area contributed by atoms with Gasteiger partial charge in [0, 0.05) is 4.43 Å². The SMILES string of the molecule is CCOC(=O)C1(CI)CCCCC1. The Morgan fingerprint density at radius 2 is 2.00 bits per heavy atom. The van der Waals surface area contributed by atoms with Crippen LogP contribution < -0.4 is 0 Å². The van der Waals surface area contributed by atoms with E-state index in [9.17, 15) is 4.79 Å². The highest BCUT2D eigenvalue weighted by Crippen LogP contribution is 2.39. The minimum Gasteiger partial charge on any atom is -0.466 e. The predicted octanol–water partition coefficient (Wildman–Crippen LogP) is 2.94. The van der Waals surface area contributed by atoms with Crippen molar-refractivity contribution in [1.29, 1.82) is 0 Å². The molecule has 1 aliphatic carbocycles. The number of carbonyl (C=O) groups is 1. The summed E-state index contributed by atoms with van der Waals surface area (Å²) in [6.07, 6.45) is 5.69. The van der Waals surface area contributed by atoms with Gasteiger partial charge in [-0.15, -0.1) is 0 Å². The maximum absolute atomic E-state index is 11.7. The molecule has 3 heteroatoms. The Kier molecular flexibility index (Phi) is 4.49. The van der Waals surface area contributed by atoms with E-state index in [1.165, 1.54) is 19.3 Å². The first-order chi connectivity index (χ1) is 6.25. The van der Waals surface area contributed by atoms with E-state index < -0.39 is 0 Å². The van der Waals surface area contributed by atoms with Crippen LogP contribution in [0.2, 0.25) is 0 Å². The van der Waals surface area contributed by atoms with Crippen LogP contribution in [0.1, 0.15) is 39.0 Å². The molecular weight excluding hydrogens is 279 g/mol. The molecule has 0 bridgehead atoms. The van der Waals surface area contributed by atoms with Gasteiger partial charge in [-0.05, 0) is 19.8 Å². The van der Waals surface area contributed by atoms with Crippen molar-refractivity contribution < 1.29 is 9.53 Å². The van der Waals surface area contributed by atoms with E-state index in [0.717, 1.165) is 17.3 Å². The summed E-state index contributed by atoms with van der Waals surface area (Å²) >= 11 is 2.31. The molecule has 0 aliphatic heterocycles. The van der Waals surface area contributed by atoms with Crippen molar-refractivity contribution in [2.24, 2.45) is 5.41 Å². The topological polar surface area (TPSA) is 26.3 Å². The minimum atomic E-state index is -0.144. The fraction of sp³-hybridized carbons (Fsp3) is 0.900. The van der Waals surface area contributed by atoms with Crippen molar-refractivity contribution in [3.8, 4) is 0 Å². The highest BCUT2D eigenvalue weighted by Gasteiger charge is 2.39. The summed E-state index contributed by atoms with van der Waals surface area (Å²) in [7, 11) is 0. The molecule has 0 aromatic carbocycles. The van der Waals surface area contributed by atoms with Gasteiger partial charge in [0.05, 0.1) is 12.0 Å². The molecule has 1 rings (SSSR count). The van der Waals surface area contributed by atoms with E-state index in [-0.39, 0.29) is 11.4 Å². The first-order valence-corrected chi connectivity index (χ1v) is 6.51. The molecule has 0 atom stereocenters. The number of esters is 1. The Balaban J connectivity index is 2.61. The highest BCUT2D eigenvalue weighted by molar-refractivity contribution is 14.1. The fourth-order valence-electron chi connectivity index (χ4n) is 1.91. The van der Waals surface area contributed by atoms with Gasteiger partial charge in [0.2, 0.25) is 0 Å². The monoisotopic (exact) mass is 296 g/mol. The van der Waals surface area contributed by atoms with Crippen LogP contribution in [-0.4, -0.2) is 17.0 Å². The molecule has 0 heterocycles. The lowest BCUT2D eigenvalue weighted by Gasteiger charge is -2.32. The molecule has 1 fully saturated rings. The van der Waals surface area contributed by atoms with Crippen molar-refractivity contribution in [3.05, 3.63) is 0 Å². The van der Waals surface area contributed by atoms with Crippen LogP contribution >= 0.6 is 22.6 Å². The van der Waals surface area contributed by atoms with E-state index >= 15 is 0 Å². The van der Waals surface area contributed by atoms with E-state index in [4.69, 9.17) is 4.74 Å². The van der Waals surface area contributed by atoms with Crippen LogP contribution in [0.3, 0.4) is 0 Å². The Morgan fingerprint density at radius 3 is 2.46 bits per heavy atom. The quantitative estimate of drug-likeness (QED) is 0.455. The summed E-state index contributed by atoms with van der Waals surface area (Å²) in [6, 6.07) is 0. The molecule has 13 heavy (non-hydrogen) atoms. The molecule has 0 aromatic heterocycles. The van der Waals surface area contributed by atoms with E-state index in [2.05, 4.69) is 22.6 Å². The third kappa shape index (κ3) is 2.58. The molecule has 1 aliphatic rings. The van der Waals surface area contributed by atoms with Crippen molar-refractivity contribution in [2.45, 2.75) is 39.0 Å². The van der Waals surface area contributed by atoms with Gasteiger partial charge < -0.3 is 4.74 Å². The van der Waals surface area contributed by atoms with E-state index in [1.807, 2.05) is 6.92 Å². The lowest BCUT2D eigenvalue weighted by molar-refractivity contribution is -0.155. The summed E-state index contributed by atoms with van der Waals surface area (Å²) in [5.74, 6) is 0.0316. The molecular formula is C10H17IO2. The Bertz CT molecular complexity index is 174. The van der Waals surface area contributed by atoms with Gasteiger partial charge in [0.25, 0.3) is 0 Å². The third-order valence-corrected chi connectivity index (χ3v) is 4.24. The largest absolute Gasteiger partial charge is 0.466 e. The van der Waals surface area contributed by atoms with Crippen LogP contribution in [0.25, 0.3) is 0 Å². The molecule has 0 unspecified atom stereocenters. The second-order valence-corrected chi connectivity index (χ2v) is 4.46. The molecule has 0 saturated heterocycles. The smallest absolute Gasteiger partial charge is 0.312 e. The number of rotatable bonds is 3. The van der Waals surface area contributed by atoms with Gasteiger partial charge in [0.15, 0.2) is 0 Å². The van der Waals surface area contributed by atoms with Gasteiger partial charge in [-0.2, -0.15) is 0 Å². The third-order valence-electron chi connectivity index (χ3n) is 2.77. The molecule has 2 nitrogen and oxygen atoms in total. The predicted molar refractivity (Wildman–Crippen MR) is 61.0 cm³/mol. The van der Waals surface area contributed by atoms with E-state index in [1.54, 1.807) is 0 Å². The zero-order valence-electron chi connectivity index (χ0n) is 8.14. The van der Waals surface area contributed by atoms with Gasteiger partial charge >= 0.3 is 5.97 Å². The molecule has 0 spiro atoms. The zero-order chi connectivity index (χ0) is 9.73. The second-order valence-electron chi connectivity index (χ2n) is 3.70. The van der Waals surface area contributed by atoms with Gasteiger partial charge in [-0.25, -0.2) is 0 Å². The van der Waals surface area contributed by atoms with Crippen molar-refractivity contribution >= 4 is 28.6 Å². The van der Waals surface area contributed by atoms with Crippen molar-refractivity contribution in [1.82, 2.24) is 0 Å². The summed E-state index contributed by atoms with van der Waals surface area (Å²) in [6.45, 7) is 2.39. The van der Waals surface area contributed by atoms with E-state index in [0.29, 0.717) is 6.61 Å². The first kappa shape index (κ1) is 11.3. The Morgan fingerprint density at radius 1 is 1.38 bits per heavy atom. The van der Waals surface area contributed by atoms with Gasteiger partial charge in [0.1, 0.15) is 0 Å². The van der Waals surface area contributed by atoms with Crippen LogP contribution in [0.15, 0.2) is 0 Å².